The van der Waals surface area contributed by atoms with Crippen LogP contribution >= 0.6 is 0 Å². The van der Waals surface area contributed by atoms with Crippen LogP contribution in [-0.4, -0.2) is 43.0 Å². The summed E-state index contributed by atoms with van der Waals surface area (Å²) < 4.78 is 10.1. The lowest BCUT2D eigenvalue weighted by atomic mass is 9.80. The fourth-order valence-corrected chi connectivity index (χ4v) is 4.11. The number of amides is 2. The lowest BCUT2D eigenvalue weighted by Crippen LogP contribution is -2.47. The van der Waals surface area contributed by atoms with Gasteiger partial charge in [0.05, 0.1) is 31.7 Å². The molecular formula is C27H27N3O5. The highest BCUT2D eigenvalue weighted by Crippen LogP contribution is 2.29. The topological polar surface area (TPSA) is 107 Å². The van der Waals surface area contributed by atoms with E-state index in [1.807, 2.05) is 60.7 Å². The van der Waals surface area contributed by atoms with Gasteiger partial charge in [-0.2, -0.15) is 0 Å². The Hall–Kier alpha value is -4.20. The van der Waals surface area contributed by atoms with E-state index in [0.29, 0.717) is 12.8 Å². The van der Waals surface area contributed by atoms with E-state index in [-0.39, 0.29) is 46.9 Å². The Bertz CT molecular complexity index is 1150. The average Bonchev–Trinajstić information content (AvgIpc) is 2.89. The molecule has 0 atom stereocenters. The molecule has 1 heterocycles. The van der Waals surface area contributed by atoms with Gasteiger partial charge >= 0.3 is 5.97 Å². The molecule has 1 aliphatic rings. The number of nitrogens with zero attached hydrogens (tertiary/aromatic N) is 1. The van der Waals surface area contributed by atoms with E-state index >= 15 is 0 Å². The molecule has 0 bridgehead atoms. The summed E-state index contributed by atoms with van der Waals surface area (Å²) in [5.74, 6) is -0.992. The molecule has 35 heavy (non-hydrogen) atoms. The number of hydrogen-bond acceptors (Lipinski definition) is 6. The highest BCUT2D eigenvalue weighted by molar-refractivity contribution is 5.99. The first-order valence-corrected chi connectivity index (χ1v) is 11.3. The molecule has 1 aliphatic carbocycles. The summed E-state index contributed by atoms with van der Waals surface area (Å²) in [6.07, 6.45) is 2.39. The summed E-state index contributed by atoms with van der Waals surface area (Å²) in [6.45, 7) is 0. The van der Waals surface area contributed by atoms with E-state index in [1.54, 1.807) is 0 Å². The van der Waals surface area contributed by atoms with Gasteiger partial charge in [-0.1, -0.05) is 60.7 Å². The predicted octanol–water partition coefficient (Wildman–Crippen LogP) is 3.29. The van der Waals surface area contributed by atoms with E-state index in [0.717, 1.165) is 11.1 Å². The summed E-state index contributed by atoms with van der Waals surface area (Å²) >= 11 is 0. The van der Waals surface area contributed by atoms with Crippen LogP contribution in [0.5, 0.6) is 5.75 Å². The van der Waals surface area contributed by atoms with Crippen molar-refractivity contribution < 1.29 is 23.9 Å². The molecular weight excluding hydrogens is 446 g/mol. The lowest BCUT2D eigenvalue weighted by Gasteiger charge is -2.33. The first-order valence-electron chi connectivity index (χ1n) is 11.3. The number of nitrogens with one attached hydrogen (secondary N) is 2. The van der Waals surface area contributed by atoms with Crippen LogP contribution in [-0.2, 0) is 9.53 Å². The molecule has 8 heteroatoms. The van der Waals surface area contributed by atoms with Crippen molar-refractivity contribution in [2.45, 2.75) is 24.9 Å². The molecule has 1 aromatic heterocycles. The van der Waals surface area contributed by atoms with Crippen molar-refractivity contribution in [1.29, 1.82) is 0 Å². The summed E-state index contributed by atoms with van der Waals surface area (Å²) in [4.78, 5) is 41.6. The zero-order valence-corrected chi connectivity index (χ0v) is 19.6. The zero-order valence-electron chi connectivity index (χ0n) is 19.6. The Labute approximate surface area is 203 Å². The number of carbonyl (C=O) groups excluding carboxylic acids is 3. The molecule has 0 radical (unpaired) electrons. The van der Waals surface area contributed by atoms with Crippen LogP contribution in [0.2, 0.25) is 0 Å². The standard InChI is InChI=1S/C27H27N3O5/c1-34-23-15-22(26(32)29-20-13-19(14-20)27(33)35-2)28-16-21(23)25(31)30-24(17-9-5-3-6-10-17)18-11-7-4-8-12-18/h3-12,15-16,19-20,24H,13-14H2,1-2H3,(H,29,32)(H,30,31)/t19-,20-. The molecule has 2 N–H and O–H groups in total. The third kappa shape index (κ3) is 5.48. The monoisotopic (exact) mass is 473 g/mol. The first kappa shape index (κ1) is 23.9. The molecule has 180 valence electrons. The highest BCUT2D eigenvalue weighted by atomic mass is 16.5. The second-order valence-electron chi connectivity index (χ2n) is 8.36. The normalized spacial score (nSPS) is 16.7. The summed E-state index contributed by atoms with van der Waals surface area (Å²) in [5.41, 5.74) is 2.21. The van der Waals surface area contributed by atoms with E-state index in [2.05, 4.69) is 15.6 Å². The molecule has 0 spiro atoms. The number of esters is 1. The highest BCUT2D eigenvalue weighted by Gasteiger charge is 2.36. The Balaban J connectivity index is 1.49. The number of pyridine rings is 1. The molecule has 2 aromatic carbocycles. The minimum absolute atomic E-state index is 0.125. The molecule has 1 saturated carbocycles. The smallest absolute Gasteiger partial charge is 0.308 e. The number of aromatic nitrogens is 1. The fraction of sp³-hybridized carbons (Fsp3) is 0.259. The molecule has 0 aliphatic heterocycles. The maximum Gasteiger partial charge on any atom is 0.308 e. The van der Waals surface area contributed by atoms with Gasteiger partial charge in [-0.15, -0.1) is 0 Å². The Morgan fingerprint density at radius 1 is 0.914 bits per heavy atom. The second kappa shape index (κ2) is 10.8. The van der Waals surface area contributed by atoms with Crippen molar-refractivity contribution in [3.8, 4) is 5.75 Å². The van der Waals surface area contributed by atoms with Crippen LogP contribution in [0.1, 0.15) is 50.9 Å². The largest absolute Gasteiger partial charge is 0.496 e. The first-order chi connectivity index (χ1) is 17.0. The van der Waals surface area contributed by atoms with Gasteiger partial charge in [0.25, 0.3) is 11.8 Å². The summed E-state index contributed by atoms with van der Waals surface area (Å²) in [6, 6.07) is 20.3. The van der Waals surface area contributed by atoms with E-state index in [4.69, 9.17) is 9.47 Å². The van der Waals surface area contributed by atoms with Crippen LogP contribution in [0, 0.1) is 5.92 Å². The minimum Gasteiger partial charge on any atom is -0.496 e. The maximum absolute atomic E-state index is 13.2. The van der Waals surface area contributed by atoms with Gasteiger partial charge in [0.2, 0.25) is 0 Å². The number of methoxy groups -OCH3 is 2. The van der Waals surface area contributed by atoms with E-state index < -0.39 is 5.91 Å². The fourth-order valence-electron chi connectivity index (χ4n) is 4.11. The second-order valence-corrected chi connectivity index (χ2v) is 8.36. The van der Waals surface area contributed by atoms with Gasteiger partial charge < -0.3 is 20.1 Å². The number of ether oxygens (including phenoxy) is 2. The molecule has 3 aromatic rings. The predicted molar refractivity (Wildman–Crippen MR) is 129 cm³/mol. The third-order valence-electron chi connectivity index (χ3n) is 6.11. The molecule has 4 rings (SSSR count). The van der Waals surface area contributed by atoms with Gasteiger partial charge in [-0.3, -0.25) is 14.4 Å². The third-order valence-corrected chi connectivity index (χ3v) is 6.11. The van der Waals surface area contributed by atoms with Crippen LogP contribution < -0.4 is 15.4 Å². The summed E-state index contributed by atoms with van der Waals surface area (Å²) in [7, 11) is 2.79. The maximum atomic E-state index is 13.2. The van der Waals surface area contributed by atoms with Crippen LogP contribution in [0.25, 0.3) is 0 Å². The van der Waals surface area contributed by atoms with E-state index in [9.17, 15) is 14.4 Å². The van der Waals surface area contributed by atoms with Gasteiger partial charge in [-0.25, -0.2) is 4.98 Å². The van der Waals surface area contributed by atoms with Crippen molar-refractivity contribution in [3.63, 3.8) is 0 Å². The Kier molecular flexibility index (Phi) is 7.40. The van der Waals surface area contributed by atoms with Crippen molar-refractivity contribution in [3.05, 3.63) is 95.3 Å². The number of hydrogen-bond donors (Lipinski definition) is 2. The van der Waals surface area contributed by atoms with E-state index in [1.165, 1.54) is 26.5 Å². The molecule has 1 fully saturated rings. The Morgan fingerprint density at radius 3 is 2.06 bits per heavy atom. The van der Waals surface area contributed by atoms with Crippen molar-refractivity contribution in [2.24, 2.45) is 5.92 Å². The summed E-state index contributed by atoms with van der Waals surface area (Å²) in [5, 5.41) is 5.91. The zero-order chi connectivity index (χ0) is 24.8. The van der Waals surface area contributed by atoms with Gasteiger partial charge in [0, 0.05) is 18.3 Å². The van der Waals surface area contributed by atoms with Crippen LogP contribution in [0.15, 0.2) is 72.9 Å². The Morgan fingerprint density at radius 2 is 1.51 bits per heavy atom. The van der Waals surface area contributed by atoms with Gasteiger partial charge in [-0.05, 0) is 24.0 Å². The SMILES string of the molecule is COc1cc(C(=O)N[C@H]2C[C@H](C(=O)OC)C2)ncc1C(=O)NC(c1ccccc1)c1ccccc1. The molecule has 0 saturated heterocycles. The minimum atomic E-state index is -0.393. The van der Waals surface area contributed by atoms with Crippen LogP contribution in [0.3, 0.4) is 0 Å². The van der Waals surface area contributed by atoms with Gasteiger partial charge in [0.15, 0.2) is 0 Å². The lowest BCUT2D eigenvalue weighted by molar-refractivity contribution is -0.149. The number of rotatable bonds is 8. The molecule has 8 nitrogen and oxygen atoms in total. The number of benzene rings is 2. The average molecular weight is 474 g/mol. The molecule has 0 unspecified atom stereocenters. The van der Waals surface area contributed by atoms with Crippen molar-refractivity contribution >= 4 is 17.8 Å². The molecule has 2 amide bonds. The van der Waals surface area contributed by atoms with Crippen molar-refractivity contribution in [1.82, 2.24) is 15.6 Å². The van der Waals surface area contributed by atoms with Crippen LogP contribution in [0.4, 0.5) is 0 Å². The van der Waals surface area contributed by atoms with Gasteiger partial charge in [0.1, 0.15) is 11.4 Å². The van der Waals surface area contributed by atoms with Crippen molar-refractivity contribution in [2.75, 3.05) is 14.2 Å². The quantitative estimate of drug-likeness (QED) is 0.486. The number of carbonyl (C=O) groups is 3.